The Bertz CT molecular complexity index is 985. The largest absolute Gasteiger partial charge is 0.320 e. The molecule has 0 saturated carbocycles. The number of fused-ring (bicyclic) bond motifs is 2. The highest BCUT2D eigenvalue weighted by atomic mass is 35.5. The first kappa shape index (κ1) is 15.4. The highest BCUT2D eigenvalue weighted by Crippen LogP contribution is 2.38. The van der Waals surface area contributed by atoms with Crippen LogP contribution >= 0.6 is 11.6 Å². The Balaban J connectivity index is 1.92. The van der Waals surface area contributed by atoms with Gasteiger partial charge in [-0.1, -0.05) is 31.5 Å². The van der Waals surface area contributed by atoms with Gasteiger partial charge in [0.05, 0.1) is 0 Å². The molecule has 0 unspecified atom stereocenters. The molecule has 0 fully saturated rings. The number of rotatable bonds is 1. The summed E-state index contributed by atoms with van der Waals surface area (Å²) in [6.07, 6.45) is 5.37. The summed E-state index contributed by atoms with van der Waals surface area (Å²) in [4.78, 5) is 16.7. The van der Waals surface area contributed by atoms with Gasteiger partial charge < -0.3 is 4.57 Å². The molecule has 0 saturated heterocycles. The zero-order chi connectivity index (χ0) is 17.1. The predicted molar refractivity (Wildman–Crippen MR) is 97.2 cm³/mol. The molecule has 1 aromatic carbocycles. The maximum Gasteiger partial charge on any atom is 0.165 e. The van der Waals surface area contributed by atoms with Crippen molar-refractivity contribution in [2.24, 2.45) is 5.41 Å². The lowest BCUT2D eigenvalue weighted by molar-refractivity contribution is 0.0910. The fraction of sp³-hybridized carbons (Fsp3) is 0.300. The van der Waals surface area contributed by atoms with Crippen molar-refractivity contribution in [1.82, 2.24) is 9.55 Å². The molecular weight excluding hydrogens is 320 g/mol. The Morgan fingerprint density at radius 3 is 2.75 bits per heavy atom. The van der Waals surface area contributed by atoms with Gasteiger partial charge in [-0.15, -0.1) is 0 Å². The van der Waals surface area contributed by atoms with Gasteiger partial charge in [-0.3, -0.25) is 4.79 Å². The molecule has 0 bridgehead atoms. The number of ketones is 1. The van der Waals surface area contributed by atoms with Crippen LogP contribution in [0.2, 0.25) is 5.15 Å². The molecule has 0 radical (unpaired) electrons. The lowest BCUT2D eigenvalue weighted by Crippen LogP contribution is -2.28. The van der Waals surface area contributed by atoms with Gasteiger partial charge in [-0.2, -0.15) is 0 Å². The molecule has 3 aromatic rings. The van der Waals surface area contributed by atoms with E-state index in [0.29, 0.717) is 11.6 Å². The van der Waals surface area contributed by atoms with E-state index in [-0.39, 0.29) is 11.2 Å². The van der Waals surface area contributed by atoms with Crippen LogP contribution in [0.5, 0.6) is 0 Å². The van der Waals surface area contributed by atoms with Gasteiger partial charge in [0.15, 0.2) is 5.78 Å². The van der Waals surface area contributed by atoms with Crippen molar-refractivity contribution in [2.75, 3.05) is 0 Å². The summed E-state index contributed by atoms with van der Waals surface area (Å²) in [5.41, 5.74) is 4.13. The zero-order valence-corrected chi connectivity index (χ0v) is 14.8. The highest BCUT2D eigenvalue weighted by Gasteiger charge is 2.34. The zero-order valence-electron chi connectivity index (χ0n) is 14.1. The van der Waals surface area contributed by atoms with Crippen molar-refractivity contribution in [3.8, 4) is 5.69 Å². The summed E-state index contributed by atoms with van der Waals surface area (Å²) in [6.45, 7) is 6.34. The van der Waals surface area contributed by atoms with Gasteiger partial charge >= 0.3 is 0 Å². The Morgan fingerprint density at radius 2 is 1.96 bits per heavy atom. The molecule has 1 aliphatic rings. The van der Waals surface area contributed by atoms with E-state index in [9.17, 15) is 4.79 Å². The minimum Gasteiger partial charge on any atom is -0.320 e. The minimum atomic E-state index is -0.00327. The van der Waals surface area contributed by atoms with Crippen LogP contribution in [-0.2, 0) is 6.42 Å². The van der Waals surface area contributed by atoms with Gasteiger partial charge in [0, 0.05) is 41.1 Å². The molecule has 0 atom stereocenters. The molecule has 0 N–H and O–H groups in total. The maximum atomic E-state index is 12.6. The van der Waals surface area contributed by atoms with Crippen molar-refractivity contribution in [3.63, 3.8) is 0 Å². The molecule has 3 nitrogen and oxygen atoms in total. The summed E-state index contributed by atoms with van der Waals surface area (Å²) in [5, 5.41) is 2.59. The molecule has 24 heavy (non-hydrogen) atoms. The lowest BCUT2D eigenvalue weighted by Gasteiger charge is -2.30. The first-order valence-corrected chi connectivity index (χ1v) is 8.52. The minimum absolute atomic E-state index is 0.00327. The number of nitrogens with zero attached hydrogens (tertiary/aromatic N) is 2. The first-order chi connectivity index (χ1) is 11.3. The molecule has 2 heterocycles. The van der Waals surface area contributed by atoms with Crippen LogP contribution in [-0.4, -0.2) is 15.3 Å². The molecule has 122 valence electrons. The van der Waals surface area contributed by atoms with E-state index >= 15 is 0 Å². The molecule has 4 rings (SSSR count). The summed E-state index contributed by atoms with van der Waals surface area (Å²) < 4.78 is 2.16. The number of aryl methyl sites for hydroxylation is 1. The molecule has 0 aliphatic heterocycles. The summed E-state index contributed by atoms with van der Waals surface area (Å²) in [7, 11) is 0. The van der Waals surface area contributed by atoms with Crippen molar-refractivity contribution in [2.45, 2.75) is 33.6 Å². The van der Waals surface area contributed by atoms with Crippen LogP contribution in [0.25, 0.3) is 16.5 Å². The number of Topliss-reactive ketones (excluding diaryl/α,β-unsaturated/α-hetero) is 1. The van der Waals surface area contributed by atoms with Crippen LogP contribution in [0.15, 0.2) is 36.7 Å². The average molecular weight is 339 g/mol. The Labute approximate surface area is 146 Å². The number of carbonyl (C=O) groups is 1. The van der Waals surface area contributed by atoms with E-state index in [1.807, 2.05) is 19.1 Å². The number of pyridine rings is 1. The van der Waals surface area contributed by atoms with Gasteiger partial charge in [0.2, 0.25) is 0 Å². The van der Waals surface area contributed by atoms with E-state index in [4.69, 9.17) is 11.6 Å². The third-order valence-electron chi connectivity index (χ3n) is 4.81. The molecule has 0 amide bonds. The Kier molecular flexibility index (Phi) is 3.33. The number of halogens is 1. The van der Waals surface area contributed by atoms with Crippen LogP contribution < -0.4 is 0 Å². The standard InChI is InChI=1S/C20H19ClN2O/c1-12-11-23(16-8-20(2,3)9-17(24)19(12)16)15-5-4-13-10-22-18(21)7-14(13)6-15/h4-7,10-11H,8-9H2,1-3H3. The predicted octanol–water partition coefficient (Wildman–Crippen LogP) is 5.14. The third kappa shape index (κ3) is 2.44. The SMILES string of the molecule is Cc1cn(-c2ccc3cnc(Cl)cc3c2)c2c1C(=O)CC(C)(C)C2. The van der Waals surface area contributed by atoms with Crippen molar-refractivity contribution >= 4 is 28.2 Å². The number of hydrogen-bond acceptors (Lipinski definition) is 2. The average Bonchev–Trinajstić information content (AvgIpc) is 2.82. The molecule has 2 aromatic heterocycles. The van der Waals surface area contributed by atoms with Gasteiger partial charge in [0.25, 0.3) is 0 Å². The van der Waals surface area contributed by atoms with E-state index in [0.717, 1.165) is 39.7 Å². The summed E-state index contributed by atoms with van der Waals surface area (Å²) in [6, 6.07) is 8.10. The van der Waals surface area contributed by atoms with Gasteiger partial charge in [0.1, 0.15) is 5.15 Å². The first-order valence-electron chi connectivity index (χ1n) is 8.14. The van der Waals surface area contributed by atoms with Crippen molar-refractivity contribution in [1.29, 1.82) is 0 Å². The van der Waals surface area contributed by atoms with Crippen molar-refractivity contribution in [3.05, 3.63) is 58.6 Å². The quantitative estimate of drug-likeness (QED) is 0.576. The van der Waals surface area contributed by atoms with E-state index in [1.54, 1.807) is 6.20 Å². The van der Waals surface area contributed by atoms with Crippen molar-refractivity contribution < 1.29 is 4.79 Å². The summed E-state index contributed by atoms with van der Waals surface area (Å²) in [5.74, 6) is 0.255. The number of benzene rings is 1. The highest BCUT2D eigenvalue weighted by molar-refractivity contribution is 6.30. The van der Waals surface area contributed by atoms with E-state index < -0.39 is 0 Å². The maximum absolute atomic E-state index is 12.6. The van der Waals surface area contributed by atoms with Crippen LogP contribution in [0.1, 0.15) is 41.9 Å². The van der Waals surface area contributed by atoms with Crippen LogP contribution in [0, 0.1) is 12.3 Å². The van der Waals surface area contributed by atoms with E-state index in [1.165, 1.54) is 0 Å². The molecule has 4 heteroatoms. The second-order valence-electron chi connectivity index (χ2n) is 7.48. The molecule has 0 spiro atoms. The van der Waals surface area contributed by atoms with E-state index in [2.05, 4.69) is 41.7 Å². The number of hydrogen-bond donors (Lipinski definition) is 0. The number of carbonyl (C=O) groups excluding carboxylic acids is 1. The van der Waals surface area contributed by atoms with Gasteiger partial charge in [-0.25, -0.2) is 4.98 Å². The lowest BCUT2D eigenvalue weighted by atomic mass is 9.75. The monoisotopic (exact) mass is 338 g/mol. The second kappa shape index (κ2) is 5.18. The Morgan fingerprint density at radius 1 is 1.17 bits per heavy atom. The fourth-order valence-corrected chi connectivity index (χ4v) is 3.93. The molecule has 1 aliphatic carbocycles. The van der Waals surface area contributed by atoms with Gasteiger partial charge in [-0.05, 0) is 47.9 Å². The van der Waals surface area contributed by atoms with Crippen LogP contribution in [0.3, 0.4) is 0 Å². The topological polar surface area (TPSA) is 34.9 Å². The third-order valence-corrected chi connectivity index (χ3v) is 5.02. The molecular formula is C20H19ClN2O. The number of aromatic nitrogens is 2. The normalized spacial score (nSPS) is 16.4. The summed E-state index contributed by atoms with van der Waals surface area (Å²) >= 11 is 6.03. The smallest absolute Gasteiger partial charge is 0.165 e. The fourth-order valence-electron chi connectivity index (χ4n) is 3.76. The van der Waals surface area contributed by atoms with Crippen LogP contribution in [0.4, 0.5) is 0 Å². The Hall–Kier alpha value is -2.13. The second-order valence-corrected chi connectivity index (χ2v) is 7.87.